The monoisotopic (exact) mass is 462 g/mol. The largest absolute Gasteiger partial charge is 0.347 e. The normalized spacial score (nSPS) is 12.4. The Morgan fingerprint density at radius 1 is 0.939 bits per heavy atom. The number of carbonyl (C=O) groups is 1. The van der Waals surface area contributed by atoms with Gasteiger partial charge in [-0.2, -0.15) is 0 Å². The number of amides is 1. The van der Waals surface area contributed by atoms with E-state index in [9.17, 15) is 4.79 Å². The first-order valence-electron chi connectivity index (χ1n) is 11.3. The molecule has 0 saturated carbocycles. The van der Waals surface area contributed by atoms with Crippen LogP contribution in [0.3, 0.4) is 0 Å². The molecule has 0 radical (unpaired) electrons. The topological polar surface area (TPSA) is 92.7 Å². The average Bonchev–Trinajstić information content (AvgIpc) is 3.36. The Hall–Kier alpha value is -3.39. The van der Waals surface area contributed by atoms with Gasteiger partial charge in [0.2, 0.25) is 5.95 Å². The minimum Gasteiger partial charge on any atom is -0.347 e. The summed E-state index contributed by atoms with van der Waals surface area (Å²) in [5.74, 6) is 0.212. The highest BCUT2D eigenvalue weighted by molar-refractivity contribution is 7.17. The molecule has 4 rings (SSSR count). The van der Waals surface area contributed by atoms with Crippen molar-refractivity contribution < 1.29 is 4.79 Å². The number of nitrogens with one attached hydrogen (secondary N) is 2. The molecule has 172 valence electrons. The van der Waals surface area contributed by atoms with Crippen LogP contribution in [0.25, 0.3) is 10.2 Å². The average molecular weight is 463 g/mol. The second kappa shape index (κ2) is 12.0. The molecule has 2 unspecified atom stereocenters. The summed E-state index contributed by atoms with van der Waals surface area (Å²) in [6.07, 6.45) is 8.66. The lowest BCUT2D eigenvalue weighted by atomic mass is 10.1. The molecule has 2 N–H and O–H groups in total. The fourth-order valence-electron chi connectivity index (χ4n) is 3.47. The lowest BCUT2D eigenvalue weighted by Crippen LogP contribution is -2.29. The number of thiophene rings is 1. The fourth-order valence-corrected chi connectivity index (χ4v) is 4.29. The highest BCUT2D eigenvalue weighted by atomic mass is 32.1. The molecule has 4 aromatic heterocycles. The van der Waals surface area contributed by atoms with Crippen LogP contribution in [0.1, 0.15) is 74.2 Å². The van der Waals surface area contributed by atoms with E-state index in [2.05, 4.69) is 37.5 Å². The molecule has 0 fully saturated rings. The van der Waals surface area contributed by atoms with Gasteiger partial charge in [-0.15, -0.1) is 11.3 Å². The van der Waals surface area contributed by atoms with Crippen molar-refractivity contribution in [1.82, 2.24) is 25.3 Å². The van der Waals surface area contributed by atoms with Crippen LogP contribution >= 0.6 is 11.3 Å². The molecule has 0 aromatic carbocycles. The van der Waals surface area contributed by atoms with Gasteiger partial charge in [0, 0.05) is 24.8 Å². The maximum atomic E-state index is 13.2. The summed E-state index contributed by atoms with van der Waals surface area (Å²) in [5, 5.41) is 8.41. The van der Waals surface area contributed by atoms with E-state index in [4.69, 9.17) is 0 Å². The zero-order valence-electron chi connectivity index (χ0n) is 19.4. The van der Waals surface area contributed by atoms with Crippen molar-refractivity contribution in [1.29, 1.82) is 0 Å². The van der Waals surface area contributed by atoms with E-state index in [1.807, 2.05) is 62.7 Å². The predicted octanol–water partition coefficient (Wildman–Crippen LogP) is 5.95. The molecule has 0 aliphatic rings. The van der Waals surface area contributed by atoms with Gasteiger partial charge in [0.1, 0.15) is 0 Å². The van der Waals surface area contributed by atoms with Gasteiger partial charge in [0.15, 0.2) is 5.69 Å². The summed E-state index contributed by atoms with van der Waals surface area (Å²) in [4.78, 5) is 30.8. The van der Waals surface area contributed by atoms with E-state index in [0.717, 1.165) is 34.2 Å². The molecule has 1 amide bonds. The maximum Gasteiger partial charge on any atom is 0.272 e. The van der Waals surface area contributed by atoms with Crippen LogP contribution < -0.4 is 10.6 Å². The van der Waals surface area contributed by atoms with Gasteiger partial charge >= 0.3 is 0 Å². The van der Waals surface area contributed by atoms with Crippen molar-refractivity contribution in [2.75, 3.05) is 5.32 Å². The van der Waals surface area contributed by atoms with Crippen molar-refractivity contribution in [2.45, 2.75) is 52.6 Å². The van der Waals surface area contributed by atoms with E-state index < -0.39 is 0 Å². The van der Waals surface area contributed by atoms with Gasteiger partial charge < -0.3 is 10.6 Å². The molecule has 0 aliphatic carbocycles. The van der Waals surface area contributed by atoms with Crippen LogP contribution in [0.15, 0.2) is 60.5 Å². The molecule has 0 spiro atoms. The summed E-state index contributed by atoms with van der Waals surface area (Å²) in [6, 6.07) is 9.54. The van der Waals surface area contributed by atoms with Crippen LogP contribution in [-0.2, 0) is 0 Å². The third-order valence-corrected chi connectivity index (χ3v) is 6.03. The van der Waals surface area contributed by atoms with E-state index in [0.29, 0.717) is 11.6 Å². The second-order valence-electron chi connectivity index (χ2n) is 7.14. The molecular formula is C25H30N6OS. The van der Waals surface area contributed by atoms with E-state index in [1.165, 1.54) is 11.3 Å². The summed E-state index contributed by atoms with van der Waals surface area (Å²) < 4.78 is 0.776. The Morgan fingerprint density at radius 3 is 2.15 bits per heavy atom. The van der Waals surface area contributed by atoms with Crippen molar-refractivity contribution >= 4 is 33.4 Å². The van der Waals surface area contributed by atoms with Gasteiger partial charge in [-0.25, -0.2) is 9.97 Å². The SMILES string of the molecule is CC.CCC(NC(=O)c1nc(NC(CC)c2cccnc2)nc2ccsc12)c1cccnc1. The fraction of sp³-hybridized carbons (Fsp3) is 0.320. The number of rotatable bonds is 8. The van der Waals surface area contributed by atoms with Gasteiger partial charge in [-0.05, 0) is 47.5 Å². The molecule has 4 aromatic rings. The summed E-state index contributed by atoms with van der Waals surface area (Å²) in [5.41, 5.74) is 3.15. The Kier molecular flexibility index (Phi) is 8.83. The molecule has 0 saturated heterocycles. The number of hydrogen-bond acceptors (Lipinski definition) is 7. The number of anilines is 1. The Morgan fingerprint density at radius 2 is 1.58 bits per heavy atom. The molecule has 8 heteroatoms. The van der Waals surface area contributed by atoms with Crippen molar-refractivity contribution in [2.24, 2.45) is 0 Å². The van der Waals surface area contributed by atoms with Crippen molar-refractivity contribution in [3.63, 3.8) is 0 Å². The highest BCUT2D eigenvalue weighted by Gasteiger charge is 2.21. The molecule has 0 aliphatic heterocycles. The number of nitrogens with zero attached hydrogens (tertiary/aromatic N) is 4. The molecular weight excluding hydrogens is 432 g/mol. The quantitative estimate of drug-likeness (QED) is 0.336. The molecule has 2 atom stereocenters. The first-order valence-corrected chi connectivity index (χ1v) is 12.2. The van der Waals surface area contributed by atoms with Crippen LogP contribution in [0.2, 0.25) is 0 Å². The van der Waals surface area contributed by atoms with E-state index in [-0.39, 0.29) is 18.0 Å². The number of pyridine rings is 2. The van der Waals surface area contributed by atoms with Gasteiger partial charge in [0.05, 0.1) is 22.3 Å². The van der Waals surface area contributed by atoms with Crippen molar-refractivity contribution in [3.8, 4) is 0 Å². The van der Waals surface area contributed by atoms with E-state index in [1.54, 1.807) is 18.6 Å². The second-order valence-corrected chi connectivity index (χ2v) is 8.06. The van der Waals surface area contributed by atoms with Crippen molar-refractivity contribution in [3.05, 3.63) is 77.3 Å². The maximum absolute atomic E-state index is 13.2. The van der Waals surface area contributed by atoms with Crippen LogP contribution in [0, 0.1) is 0 Å². The van der Waals surface area contributed by atoms with Gasteiger partial charge in [-0.1, -0.05) is 39.8 Å². The number of aromatic nitrogens is 4. The van der Waals surface area contributed by atoms with Gasteiger partial charge in [-0.3, -0.25) is 14.8 Å². The summed E-state index contributed by atoms with van der Waals surface area (Å²) in [6.45, 7) is 8.12. The zero-order valence-corrected chi connectivity index (χ0v) is 20.3. The summed E-state index contributed by atoms with van der Waals surface area (Å²) in [7, 11) is 0. The number of hydrogen-bond donors (Lipinski definition) is 2. The minimum absolute atomic E-state index is 0.000481. The molecule has 7 nitrogen and oxygen atoms in total. The Bertz CT molecular complexity index is 1150. The molecule has 0 bridgehead atoms. The third-order valence-electron chi connectivity index (χ3n) is 5.12. The van der Waals surface area contributed by atoms with Gasteiger partial charge in [0.25, 0.3) is 5.91 Å². The lowest BCUT2D eigenvalue weighted by molar-refractivity contribution is 0.0932. The number of fused-ring (bicyclic) bond motifs is 1. The smallest absolute Gasteiger partial charge is 0.272 e. The standard InChI is InChI=1S/C23H24N6OS.C2H6/c1-3-17(15-7-5-10-24-13-15)26-22(30)20-21-19(9-12-31-21)28-23(29-20)27-18(4-2)16-8-6-11-25-14-16;1-2/h5-14,17-18H,3-4H2,1-2H3,(H,26,30)(H,27,28,29);1-2H3. The van der Waals surface area contributed by atoms with E-state index >= 15 is 0 Å². The first kappa shape index (κ1) is 24.3. The first-order chi connectivity index (χ1) is 16.2. The minimum atomic E-state index is -0.219. The van der Waals surface area contributed by atoms with Crippen LogP contribution in [-0.4, -0.2) is 25.8 Å². The third kappa shape index (κ3) is 5.90. The van der Waals surface area contributed by atoms with Crippen LogP contribution in [0.4, 0.5) is 5.95 Å². The molecule has 4 heterocycles. The zero-order chi connectivity index (χ0) is 23.6. The number of carbonyl (C=O) groups excluding carboxylic acids is 1. The van der Waals surface area contributed by atoms with Crippen LogP contribution in [0.5, 0.6) is 0 Å². The summed E-state index contributed by atoms with van der Waals surface area (Å²) >= 11 is 1.47. The lowest BCUT2D eigenvalue weighted by Gasteiger charge is -2.19. The highest BCUT2D eigenvalue weighted by Crippen LogP contribution is 2.27. The molecule has 33 heavy (non-hydrogen) atoms. The Balaban J connectivity index is 0.00000149. The Labute approximate surface area is 198 Å². The predicted molar refractivity (Wildman–Crippen MR) is 134 cm³/mol.